The number of anilines is 1. The van der Waals surface area contributed by atoms with Crippen LogP contribution in [0.25, 0.3) is 0 Å². The zero-order valence-electron chi connectivity index (χ0n) is 25.7. The highest BCUT2D eigenvalue weighted by Crippen LogP contribution is 2.67. The number of nitrogens with zero attached hydrogens (tertiary/aromatic N) is 3. The van der Waals surface area contributed by atoms with Crippen LogP contribution in [0.15, 0.2) is 86.0 Å². The Kier molecular flexibility index (Phi) is 10.3. The quantitative estimate of drug-likeness (QED) is 0.223. The first-order valence-electron chi connectivity index (χ1n) is 15.9. The van der Waals surface area contributed by atoms with Gasteiger partial charge in [0.1, 0.15) is 6.04 Å². The number of amides is 3. The summed E-state index contributed by atoms with van der Waals surface area (Å²) in [6, 6.07) is 17.9. The Hall–Kier alpha value is -3.36. The monoisotopic (exact) mass is 615 g/mol. The summed E-state index contributed by atoms with van der Waals surface area (Å²) < 4.78 is -0.732. The Morgan fingerprint density at radius 3 is 2.36 bits per heavy atom. The molecule has 3 amide bonds. The van der Waals surface area contributed by atoms with Crippen LogP contribution in [0.1, 0.15) is 44.6 Å². The van der Waals surface area contributed by atoms with E-state index in [0.717, 1.165) is 36.9 Å². The van der Waals surface area contributed by atoms with E-state index >= 15 is 0 Å². The smallest absolute Gasteiger partial charge is 0.247 e. The second-order valence-corrected chi connectivity index (χ2v) is 13.8. The molecule has 2 aromatic carbocycles. The van der Waals surface area contributed by atoms with Crippen LogP contribution < -0.4 is 4.90 Å². The molecule has 7 nitrogen and oxygen atoms in total. The molecule has 3 fully saturated rings. The fourth-order valence-electron chi connectivity index (χ4n) is 7.59. The molecule has 8 heteroatoms. The Labute approximate surface area is 266 Å². The van der Waals surface area contributed by atoms with Crippen molar-refractivity contribution in [2.45, 2.75) is 67.5 Å². The van der Waals surface area contributed by atoms with E-state index < -0.39 is 28.7 Å². The lowest BCUT2D eigenvalue weighted by atomic mass is 9.70. The van der Waals surface area contributed by atoms with E-state index in [0.29, 0.717) is 32.5 Å². The number of rotatable bonds is 15. The molecule has 3 aliphatic rings. The number of aliphatic hydroxyl groups is 1. The van der Waals surface area contributed by atoms with Crippen LogP contribution in [0.4, 0.5) is 5.69 Å². The molecule has 0 radical (unpaired) electrons. The molecular weight excluding hydrogens is 570 g/mol. The second-order valence-electron chi connectivity index (χ2n) is 12.2. The fraction of sp³-hybridized carbons (Fsp3) is 0.472. The molecule has 6 atom stereocenters. The van der Waals surface area contributed by atoms with Gasteiger partial charge in [0.05, 0.1) is 29.2 Å². The van der Waals surface area contributed by atoms with Gasteiger partial charge in [-0.15, -0.1) is 24.9 Å². The van der Waals surface area contributed by atoms with Gasteiger partial charge in [-0.05, 0) is 43.4 Å². The number of unbranched alkanes of at least 4 members (excludes halogenated alkanes) is 2. The first-order valence-corrected chi connectivity index (χ1v) is 16.8. The molecule has 1 N–H and O–H groups in total. The van der Waals surface area contributed by atoms with Gasteiger partial charge in [-0.1, -0.05) is 80.4 Å². The van der Waals surface area contributed by atoms with Gasteiger partial charge in [0, 0.05) is 30.6 Å². The van der Waals surface area contributed by atoms with Gasteiger partial charge in [-0.3, -0.25) is 14.4 Å². The summed E-state index contributed by atoms with van der Waals surface area (Å²) in [6.45, 7) is 11.0. The first kappa shape index (κ1) is 32.0. The minimum atomic E-state index is -0.764. The number of benzene rings is 2. The standard InChI is InChI=1S/C36H45N3O4S/c1-4-7-14-23-37(21-5-2)35(43)32-36-20-19-29(44-36)30(33(41)38(22-6-3)27-17-12-9-13-18-27)31(36)34(42)39(32)28(25-40)24-26-15-10-8-11-16-26/h5-6,8-13,15-18,28-32,40H,2-4,7,14,19-25H2,1H3/t28-,29-,30+,31+,32?,36?/m1/s1. The molecule has 5 rings (SSSR count). The van der Waals surface area contributed by atoms with Gasteiger partial charge in [-0.25, -0.2) is 0 Å². The highest BCUT2D eigenvalue weighted by Gasteiger charge is 2.74. The van der Waals surface area contributed by atoms with Gasteiger partial charge in [0.15, 0.2) is 0 Å². The lowest BCUT2D eigenvalue weighted by Crippen LogP contribution is -2.58. The van der Waals surface area contributed by atoms with Crippen molar-refractivity contribution in [2.24, 2.45) is 11.8 Å². The lowest BCUT2D eigenvalue weighted by Gasteiger charge is -2.40. The predicted octanol–water partition coefficient (Wildman–Crippen LogP) is 5.11. The van der Waals surface area contributed by atoms with Crippen molar-refractivity contribution in [1.82, 2.24) is 9.80 Å². The van der Waals surface area contributed by atoms with Gasteiger partial charge in [-0.2, -0.15) is 0 Å². The van der Waals surface area contributed by atoms with Crippen LogP contribution in [0.5, 0.6) is 0 Å². The van der Waals surface area contributed by atoms with Crippen LogP contribution in [0.2, 0.25) is 0 Å². The summed E-state index contributed by atoms with van der Waals surface area (Å²) in [4.78, 5) is 49.2. The largest absolute Gasteiger partial charge is 0.394 e. The maximum atomic E-state index is 14.8. The Morgan fingerprint density at radius 1 is 1.05 bits per heavy atom. The predicted molar refractivity (Wildman–Crippen MR) is 177 cm³/mol. The van der Waals surface area contributed by atoms with Crippen LogP contribution in [0, 0.1) is 11.8 Å². The van der Waals surface area contributed by atoms with Crippen LogP contribution in [0.3, 0.4) is 0 Å². The molecule has 0 saturated carbocycles. The number of fused-ring (bicyclic) bond motifs is 1. The summed E-state index contributed by atoms with van der Waals surface area (Å²) in [7, 11) is 0. The second kappa shape index (κ2) is 14.2. The molecule has 2 bridgehead atoms. The molecule has 234 valence electrons. The van der Waals surface area contributed by atoms with Crippen molar-refractivity contribution >= 4 is 35.2 Å². The van der Waals surface area contributed by atoms with Gasteiger partial charge in [0.2, 0.25) is 17.7 Å². The van der Waals surface area contributed by atoms with Crippen molar-refractivity contribution in [3.63, 3.8) is 0 Å². The third-order valence-corrected chi connectivity index (χ3v) is 11.5. The lowest BCUT2D eigenvalue weighted by molar-refractivity contribution is -0.145. The van der Waals surface area contributed by atoms with E-state index in [-0.39, 0.29) is 29.6 Å². The normalized spacial score (nSPS) is 25.9. The third-order valence-electron chi connectivity index (χ3n) is 9.51. The van der Waals surface area contributed by atoms with Gasteiger partial charge >= 0.3 is 0 Å². The zero-order chi connectivity index (χ0) is 31.3. The number of aliphatic hydroxyl groups excluding tert-OH is 1. The van der Waals surface area contributed by atoms with Crippen LogP contribution >= 0.6 is 11.8 Å². The molecule has 1 spiro atoms. The maximum Gasteiger partial charge on any atom is 0.247 e. The average molecular weight is 616 g/mol. The Morgan fingerprint density at radius 2 is 1.73 bits per heavy atom. The summed E-state index contributed by atoms with van der Waals surface area (Å²) in [6.07, 6.45) is 8.22. The topological polar surface area (TPSA) is 81.2 Å². The van der Waals surface area contributed by atoms with Crippen molar-refractivity contribution in [2.75, 3.05) is 31.1 Å². The van der Waals surface area contributed by atoms with Crippen LogP contribution in [-0.4, -0.2) is 80.9 Å². The highest BCUT2D eigenvalue weighted by atomic mass is 32.2. The van der Waals surface area contributed by atoms with Crippen molar-refractivity contribution < 1.29 is 19.5 Å². The number of likely N-dealkylation sites (tertiary alicyclic amines) is 1. The van der Waals surface area contributed by atoms with Crippen molar-refractivity contribution in [1.29, 1.82) is 0 Å². The molecule has 0 aromatic heterocycles. The number of hydrogen-bond donors (Lipinski definition) is 1. The van der Waals surface area contributed by atoms with Crippen molar-refractivity contribution in [3.8, 4) is 0 Å². The Bertz CT molecular complexity index is 1340. The van der Waals surface area contributed by atoms with E-state index in [1.807, 2.05) is 65.6 Å². The summed E-state index contributed by atoms with van der Waals surface area (Å²) in [5.41, 5.74) is 1.75. The van der Waals surface area contributed by atoms with Crippen molar-refractivity contribution in [3.05, 3.63) is 91.5 Å². The first-order chi connectivity index (χ1) is 21.4. The molecule has 3 saturated heterocycles. The number of hydrogen-bond acceptors (Lipinski definition) is 5. The van der Waals surface area contributed by atoms with Gasteiger partial charge in [0.25, 0.3) is 0 Å². The van der Waals surface area contributed by atoms with E-state index in [4.69, 9.17) is 0 Å². The molecule has 44 heavy (non-hydrogen) atoms. The zero-order valence-corrected chi connectivity index (χ0v) is 26.5. The summed E-state index contributed by atoms with van der Waals surface area (Å²) in [5, 5.41) is 10.7. The molecule has 3 aliphatic heterocycles. The summed E-state index contributed by atoms with van der Waals surface area (Å²) >= 11 is 1.67. The Balaban J connectivity index is 1.56. The molecule has 0 aliphatic carbocycles. The third kappa shape index (κ3) is 5.86. The van der Waals surface area contributed by atoms with E-state index in [2.05, 4.69) is 20.1 Å². The van der Waals surface area contributed by atoms with Gasteiger partial charge < -0.3 is 19.8 Å². The number of carbonyl (C=O) groups is 3. The fourth-order valence-corrected chi connectivity index (χ4v) is 9.79. The van der Waals surface area contributed by atoms with Crippen LogP contribution in [-0.2, 0) is 20.8 Å². The highest BCUT2D eigenvalue weighted by molar-refractivity contribution is 8.02. The van der Waals surface area contributed by atoms with E-state index in [9.17, 15) is 19.5 Å². The molecular formula is C36H45N3O4S. The minimum Gasteiger partial charge on any atom is -0.394 e. The SMILES string of the molecule is C=CCN(CCCCC)C(=O)C1N([C@@H](CO)Cc2ccccc2)C(=O)[C@@H]2[C@@H](C(=O)N(CC=C)c3ccccc3)[C@H]3CCC12S3. The number of para-hydroxylation sites is 1. The minimum absolute atomic E-state index is 0.0560. The summed E-state index contributed by atoms with van der Waals surface area (Å²) in [5.74, 6) is -1.60. The maximum absolute atomic E-state index is 14.8. The molecule has 2 aromatic rings. The molecule has 3 heterocycles. The van der Waals surface area contributed by atoms with E-state index in [1.165, 1.54) is 0 Å². The number of carbonyl (C=O) groups excluding carboxylic acids is 3. The average Bonchev–Trinajstić information content (AvgIpc) is 3.70. The van der Waals surface area contributed by atoms with E-state index in [1.54, 1.807) is 33.7 Å². The molecule has 2 unspecified atom stereocenters. The number of thioether (sulfide) groups is 1.